The van der Waals surface area contributed by atoms with Crippen molar-refractivity contribution in [3.05, 3.63) is 42.0 Å². The van der Waals surface area contributed by atoms with Crippen molar-refractivity contribution in [3.63, 3.8) is 0 Å². The number of rotatable bonds is 12. The van der Waals surface area contributed by atoms with E-state index >= 15 is 0 Å². The molecule has 2 rings (SSSR count). The zero-order valence-corrected chi connectivity index (χ0v) is 19.9. The van der Waals surface area contributed by atoms with Crippen molar-refractivity contribution in [3.8, 4) is 0 Å². The van der Waals surface area contributed by atoms with Gasteiger partial charge in [-0.3, -0.25) is 8.37 Å². The Morgan fingerprint density at radius 2 is 1.54 bits per heavy atom. The van der Waals surface area contributed by atoms with Gasteiger partial charge in [-0.2, -0.15) is 43.2 Å². The molecule has 0 radical (unpaired) electrons. The van der Waals surface area contributed by atoms with Crippen LogP contribution in [-0.4, -0.2) is 47.8 Å². The van der Waals surface area contributed by atoms with E-state index in [-0.39, 0.29) is 35.4 Å². The molecule has 0 heterocycles. The van der Waals surface area contributed by atoms with Gasteiger partial charge < -0.3 is 0 Å². The summed E-state index contributed by atoms with van der Waals surface area (Å²) in [7, 11) is -19.8. The SMILES string of the molecule is C=Cc1cccc(COS(=O)(=O)NS(=O)(=O)C(F)(F)C(F)(F)C(F)(F)S(=O)(=O)OC2CCCC2)c1. The molecule has 1 aromatic rings. The normalized spacial score (nSPS) is 17.0. The molecule has 0 spiro atoms. The van der Waals surface area contributed by atoms with Crippen LogP contribution in [0.2, 0.25) is 0 Å². The quantitative estimate of drug-likeness (QED) is 0.297. The molecule has 0 atom stereocenters. The van der Waals surface area contributed by atoms with Crippen molar-refractivity contribution in [1.82, 2.24) is 4.13 Å². The molecule has 1 aliphatic rings. The number of nitrogens with one attached hydrogen (secondary N) is 1. The highest BCUT2D eigenvalue weighted by Crippen LogP contribution is 2.51. The lowest BCUT2D eigenvalue weighted by Gasteiger charge is -2.31. The van der Waals surface area contributed by atoms with Crippen molar-refractivity contribution in [2.75, 3.05) is 0 Å². The molecule has 0 saturated heterocycles. The summed E-state index contributed by atoms with van der Waals surface area (Å²) in [5, 5.41) is -13.7. The van der Waals surface area contributed by atoms with E-state index in [1.54, 1.807) is 0 Å². The van der Waals surface area contributed by atoms with Crippen LogP contribution in [0, 0.1) is 0 Å². The number of alkyl halides is 6. The summed E-state index contributed by atoms with van der Waals surface area (Å²) >= 11 is 0. The summed E-state index contributed by atoms with van der Waals surface area (Å²) in [4.78, 5) is 0. The number of benzene rings is 1. The molecular formula is C17H19F6NO8S3. The molecule has 18 heteroatoms. The lowest BCUT2D eigenvalue weighted by atomic mass is 10.1. The molecule has 1 aromatic carbocycles. The average molecular weight is 576 g/mol. The van der Waals surface area contributed by atoms with Crippen LogP contribution < -0.4 is 4.13 Å². The van der Waals surface area contributed by atoms with E-state index in [0.29, 0.717) is 5.56 Å². The van der Waals surface area contributed by atoms with E-state index in [0.717, 1.165) is 0 Å². The summed E-state index contributed by atoms with van der Waals surface area (Å²) in [5.74, 6) is -7.17. The number of hydrogen-bond donors (Lipinski definition) is 1. The Balaban J connectivity index is 2.27. The molecule has 0 amide bonds. The third-order valence-corrected chi connectivity index (χ3v) is 9.19. The van der Waals surface area contributed by atoms with E-state index < -0.39 is 59.6 Å². The first-order valence-corrected chi connectivity index (χ1v) is 13.8. The summed E-state index contributed by atoms with van der Waals surface area (Å²) in [6.07, 6.45) is 0.0933. The van der Waals surface area contributed by atoms with E-state index in [1.807, 2.05) is 0 Å². The average Bonchev–Trinajstić information content (AvgIpc) is 3.23. The first-order chi connectivity index (χ1) is 15.8. The second kappa shape index (κ2) is 9.97. The van der Waals surface area contributed by atoms with Gasteiger partial charge in [-0.1, -0.05) is 47.8 Å². The Morgan fingerprint density at radius 3 is 2.09 bits per heavy atom. The summed E-state index contributed by atoms with van der Waals surface area (Å²) in [5.41, 5.74) is 0.488. The van der Waals surface area contributed by atoms with Gasteiger partial charge in [0.25, 0.3) is 10.0 Å². The van der Waals surface area contributed by atoms with Gasteiger partial charge >= 0.3 is 36.9 Å². The first kappa shape index (κ1) is 29.5. The van der Waals surface area contributed by atoms with Gasteiger partial charge in [-0.15, -0.1) is 0 Å². The number of halogens is 6. The molecule has 1 N–H and O–H groups in total. The van der Waals surface area contributed by atoms with Crippen molar-refractivity contribution >= 4 is 36.5 Å². The molecule has 0 aliphatic heterocycles. The molecule has 0 aromatic heterocycles. The molecule has 0 bridgehead atoms. The molecule has 0 unspecified atom stereocenters. The zero-order valence-electron chi connectivity index (χ0n) is 17.5. The lowest BCUT2D eigenvalue weighted by molar-refractivity contribution is -0.246. The Bertz CT molecular complexity index is 1260. The van der Waals surface area contributed by atoms with Crippen molar-refractivity contribution in [1.29, 1.82) is 0 Å². The second-order valence-corrected chi connectivity index (χ2v) is 12.3. The van der Waals surface area contributed by atoms with Gasteiger partial charge in [-0.05, 0) is 30.0 Å². The van der Waals surface area contributed by atoms with Crippen molar-refractivity contribution < 1.29 is 60.0 Å². The van der Waals surface area contributed by atoms with E-state index in [2.05, 4.69) is 14.9 Å². The van der Waals surface area contributed by atoms with Crippen LogP contribution in [0.5, 0.6) is 0 Å². The standard InChI is InChI=1S/C17H19F6NO8S3/c1-2-12-6-5-7-13(10-12)11-31-35(29,30)24-33(25,26)16(20,21)15(18,19)17(22,23)34(27,28)32-14-8-3-4-9-14/h2,5-7,10,14,24H,1,3-4,8-9,11H2. The molecule has 200 valence electrons. The maximum atomic E-state index is 14.2. The van der Waals surface area contributed by atoms with Crippen LogP contribution in [0.3, 0.4) is 0 Å². The summed E-state index contributed by atoms with van der Waals surface area (Å²) in [6, 6.07) is 5.45. The molecule has 9 nitrogen and oxygen atoms in total. The van der Waals surface area contributed by atoms with Crippen LogP contribution >= 0.6 is 0 Å². The van der Waals surface area contributed by atoms with Crippen LogP contribution in [0.1, 0.15) is 36.8 Å². The van der Waals surface area contributed by atoms with Gasteiger partial charge in [-0.25, -0.2) is 8.42 Å². The van der Waals surface area contributed by atoms with Gasteiger partial charge in [0.2, 0.25) is 0 Å². The van der Waals surface area contributed by atoms with E-state index in [9.17, 15) is 51.6 Å². The maximum absolute atomic E-state index is 14.2. The molecule has 1 fully saturated rings. The third-order valence-electron chi connectivity index (χ3n) is 4.73. The topological polar surface area (TPSA) is 133 Å². The van der Waals surface area contributed by atoms with Gasteiger partial charge in [0.15, 0.2) is 0 Å². The molecular weight excluding hydrogens is 556 g/mol. The fraction of sp³-hybridized carbons (Fsp3) is 0.529. The Kier molecular flexibility index (Phi) is 8.40. The monoisotopic (exact) mass is 575 g/mol. The summed E-state index contributed by atoms with van der Waals surface area (Å²) < 4.78 is 163. The van der Waals surface area contributed by atoms with Crippen molar-refractivity contribution in [2.24, 2.45) is 0 Å². The van der Waals surface area contributed by atoms with E-state index in [4.69, 9.17) is 0 Å². The Hall–Kier alpha value is -1.73. The van der Waals surface area contributed by atoms with Gasteiger partial charge in [0.1, 0.15) is 0 Å². The second-order valence-electron chi connectivity index (χ2n) is 7.32. The van der Waals surface area contributed by atoms with Gasteiger partial charge in [0, 0.05) is 0 Å². The minimum Gasteiger partial charge on any atom is -0.262 e. The highest BCUT2D eigenvalue weighted by molar-refractivity contribution is 8.03. The minimum absolute atomic E-state index is 0.0453. The largest absolute Gasteiger partial charge is 0.439 e. The minimum atomic E-state index is -7.23. The maximum Gasteiger partial charge on any atom is 0.439 e. The fourth-order valence-electron chi connectivity index (χ4n) is 2.89. The van der Waals surface area contributed by atoms with Crippen LogP contribution in [-0.2, 0) is 45.4 Å². The molecule has 1 saturated carbocycles. The van der Waals surface area contributed by atoms with Crippen LogP contribution in [0.15, 0.2) is 30.8 Å². The lowest BCUT2D eigenvalue weighted by Crippen LogP contribution is -2.63. The first-order valence-electron chi connectivity index (χ1n) is 9.50. The Labute approximate surface area is 197 Å². The highest BCUT2D eigenvalue weighted by atomic mass is 32.3. The molecule has 1 aliphatic carbocycles. The molecule has 35 heavy (non-hydrogen) atoms. The van der Waals surface area contributed by atoms with Crippen LogP contribution in [0.4, 0.5) is 26.3 Å². The smallest absolute Gasteiger partial charge is 0.262 e. The highest BCUT2D eigenvalue weighted by Gasteiger charge is 2.83. The predicted octanol–water partition coefficient (Wildman–Crippen LogP) is 3.12. The number of sulfonamides is 1. The Morgan fingerprint density at radius 1 is 0.971 bits per heavy atom. The number of hydrogen-bond acceptors (Lipinski definition) is 8. The fourth-order valence-corrected chi connectivity index (χ4v) is 6.51. The summed E-state index contributed by atoms with van der Waals surface area (Å²) in [6.45, 7) is 2.45. The predicted molar refractivity (Wildman–Crippen MR) is 109 cm³/mol. The van der Waals surface area contributed by atoms with Crippen molar-refractivity contribution in [2.45, 2.75) is 54.8 Å². The van der Waals surface area contributed by atoms with E-state index in [1.165, 1.54) is 30.3 Å². The third kappa shape index (κ3) is 5.99. The van der Waals surface area contributed by atoms with Crippen LogP contribution in [0.25, 0.3) is 6.08 Å². The van der Waals surface area contributed by atoms with Gasteiger partial charge in [0.05, 0.1) is 12.7 Å². The zero-order chi connectivity index (χ0) is 26.9.